The van der Waals surface area contributed by atoms with Crippen molar-refractivity contribution >= 4 is 67.9 Å². The lowest BCUT2D eigenvalue weighted by Crippen LogP contribution is -2.27. The van der Waals surface area contributed by atoms with Crippen LogP contribution in [0.1, 0.15) is 16.7 Å². The van der Waals surface area contributed by atoms with Gasteiger partial charge in [0.1, 0.15) is 5.75 Å². The van der Waals surface area contributed by atoms with Crippen molar-refractivity contribution in [3.05, 3.63) is 62.5 Å². The van der Waals surface area contributed by atoms with E-state index in [0.29, 0.717) is 20.5 Å². The van der Waals surface area contributed by atoms with E-state index in [2.05, 4.69) is 20.7 Å². The molecule has 5 nitrogen and oxygen atoms in total. The molecule has 150 valence electrons. The van der Waals surface area contributed by atoms with E-state index in [1.807, 2.05) is 38.1 Å². The fourth-order valence-electron chi connectivity index (χ4n) is 2.66. The summed E-state index contributed by atoms with van der Waals surface area (Å²) >= 11 is 10.1. The monoisotopic (exact) mass is 491 g/mol. The van der Waals surface area contributed by atoms with Crippen molar-refractivity contribution in [1.29, 1.82) is 0 Å². The molecule has 8 heteroatoms. The second-order valence-corrected chi connectivity index (χ2v) is 8.92. The number of carbonyl (C=O) groups is 2. The van der Waals surface area contributed by atoms with Gasteiger partial charge in [0, 0.05) is 10.0 Å². The third kappa shape index (κ3) is 4.88. The van der Waals surface area contributed by atoms with Crippen molar-refractivity contribution < 1.29 is 19.1 Å². The molecule has 2 aromatic carbocycles. The first-order valence-electron chi connectivity index (χ1n) is 8.64. The number of amides is 1. The fraction of sp³-hybridized carbons (Fsp3) is 0.190. The summed E-state index contributed by atoms with van der Waals surface area (Å²) in [5.41, 5.74) is 3.64. The van der Waals surface area contributed by atoms with E-state index >= 15 is 0 Å². The Morgan fingerprint density at radius 1 is 1.21 bits per heavy atom. The highest BCUT2D eigenvalue weighted by Crippen LogP contribution is 2.38. The van der Waals surface area contributed by atoms with E-state index < -0.39 is 5.97 Å². The highest BCUT2D eigenvalue weighted by molar-refractivity contribution is 9.10. The van der Waals surface area contributed by atoms with Gasteiger partial charge in [-0.15, -0.1) is 0 Å². The van der Waals surface area contributed by atoms with E-state index in [1.54, 1.807) is 18.2 Å². The van der Waals surface area contributed by atoms with Crippen LogP contribution in [0.3, 0.4) is 0 Å². The minimum absolute atomic E-state index is 0.192. The molecule has 1 fully saturated rings. The maximum atomic E-state index is 13.0. The number of anilines is 1. The number of halogens is 1. The molecule has 0 N–H and O–H groups in total. The Morgan fingerprint density at radius 3 is 2.66 bits per heavy atom. The zero-order valence-electron chi connectivity index (χ0n) is 16.0. The fourth-order valence-corrected chi connectivity index (χ4v) is 4.32. The van der Waals surface area contributed by atoms with Crippen LogP contribution in [-0.2, 0) is 14.3 Å². The molecular formula is C21H18BrNO4S2. The van der Waals surface area contributed by atoms with Crippen molar-refractivity contribution in [2.45, 2.75) is 13.8 Å². The topological polar surface area (TPSA) is 55.8 Å². The van der Waals surface area contributed by atoms with E-state index in [4.69, 9.17) is 17.0 Å². The van der Waals surface area contributed by atoms with Gasteiger partial charge < -0.3 is 9.47 Å². The van der Waals surface area contributed by atoms with E-state index in [-0.39, 0.29) is 12.5 Å². The molecule has 0 saturated carbocycles. The summed E-state index contributed by atoms with van der Waals surface area (Å²) in [6.45, 7) is 3.80. The summed E-state index contributed by atoms with van der Waals surface area (Å²) < 4.78 is 11.4. The van der Waals surface area contributed by atoms with Gasteiger partial charge in [-0.3, -0.25) is 9.69 Å². The number of aryl methyl sites for hydroxylation is 2. The van der Waals surface area contributed by atoms with Crippen molar-refractivity contribution in [2.24, 2.45) is 0 Å². The zero-order chi connectivity index (χ0) is 21.1. The van der Waals surface area contributed by atoms with Crippen LogP contribution in [0.25, 0.3) is 6.08 Å². The number of ether oxygens (including phenoxy) is 2. The molecule has 0 atom stereocenters. The lowest BCUT2D eigenvalue weighted by atomic mass is 10.1. The predicted octanol–water partition coefficient (Wildman–Crippen LogP) is 5.02. The standard InChI is InChI=1S/C21H18BrNO4S2/c1-12-4-6-16(8-13(12)2)23-20(25)18(29-21(23)28)10-14-9-15(22)5-7-17(14)27-11-19(24)26-3/h4-10H,11H2,1-3H3/b18-10+. The Hall–Kier alpha value is -2.16. The first-order valence-corrected chi connectivity index (χ1v) is 10.7. The maximum absolute atomic E-state index is 13.0. The Morgan fingerprint density at radius 2 is 1.97 bits per heavy atom. The highest BCUT2D eigenvalue weighted by Gasteiger charge is 2.33. The van der Waals surface area contributed by atoms with Crippen LogP contribution in [0.4, 0.5) is 5.69 Å². The van der Waals surface area contributed by atoms with Gasteiger partial charge in [0.15, 0.2) is 10.9 Å². The second-order valence-electron chi connectivity index (χ2n) is 6.33. The molecule has 0 bridgehead atoms. The van der Waals surface area contributed by atoms with E-state index in [9.17, 15) is 9.59 Å². The summed E-state index contributed by atoms with van der Waals surface area (Å²) in [5.74, 6) is -0.211. The summed E-state index contributed by atoms with van der Waals surface area (Å²) in [4.78, 5) is 26.5. The number of methoxy groups -OCH3 is 1. The molecule has 29 heavy (non-hydrogen) atoms. The lowest BCUT2D eigenvalue weighted by Gasteiger charge is -2.16. The van der Waals surface area contributed by atoms with Gasteiger partial charge in [-0.2, -0.15) is 0 Å². The van der Waals surface area contributed by atoms with Gasteiger partial charge in [0.05, 0.1) is 17.7 Å². The van der Waals surface area contributed by atoms with Crippen LogP contribution in [0.2, 0.25) is 0 Å². The number of thioether (sulfide) groups is 1. The molecule has 0 unspecified atom stereocenters. The van der Waals surface area contributed by atoms with Gasteiger partial charge in [0.25, 0.3) is 5.91 Å². The largest absolute Gasteiger partial charge is 0.481 e. The van der Waals surface area contributed by atoms with E-state index in [1.165, 1.54) is 23.8 Å². The minimum Gasteiger partial charge on any atom is -0.481 e. The van der Waals surface area contributed by atoms with Gasteiger partial charge in [-0.25, -0.2) is 4.79 Å². The number of hydrogen-bond acceptors (Lipinski definition) is 6. The SMILES string of the molecule is COC(=O)COc1ccc(Br)cc1/C=C1/SC(=S)N(c2ccc(C)c(C)c2)C1=O. The lowest BCUT2D eigenvalue weighted by molar-refractivity contribution is -0.142. The first-order chi connectivity index (χ1) is 13.8. The number of carbonyl (C=O) groups excluding carboxylic acids is 2. The van der Waals surface area contributed by atoms with Gasteiger partial charge in [0.2, 0.25) is 0 Å². The summed E-state index contributed by atoms with van der Waals surface area (Å²) in [7, 11) is 1.30. The second kappa shape index (κ2) is 9.11. The number of rotatable bonds is 5. The average molecular weight is 492 g/mol. The van der Waals surface area contributed by atoms with Gasteiger partial charge in [-0.1, -0.05) is 46.0 Å². The number of esters is 1. The van der Waals surface area contributed by atoms with Crippen LogP contribution in [-0.4, -0.2) is 29.9 Å². The summed E-state index contributed by atoms with van der Waals surface area (Å²) in [6, 6.07) is 11.1. The van der Waals surface area contributed by atoms with Crippen LogP contribution in [0.15, 0.2) is 45.8 Å². The van der Waals surface area contributed by atoms with Gasteiger partial charge in [-0.05, 0) is 61.4 Å². The molecule has 2 aromatic rings. The molecule has 3 rings (SSSR count). The van der Waals surface area contributed by atoms with Crippen molar-refractivity contribution in [2.75, 3.05) is 18.6 Å². The summed E-state index contributed by atoms with van der Waals surface area (Å²) in [5, 5.41) is 0. The van der Waals surface area contributed by atoms with Crippen molar-refractivity contribution in [3.63, 3.8) is 0 Å². The molecule has 1 aliphatic rings. The predicted molar refractivity (Wildman–Crippen MR) is 123 cm³/mol. The van der Waals surface area contributed by atoms with Crippen molar-refractivity contribution in [3.8, 4) is 5.75 Å². The normalized spacial score (nSPS) is 15.2. The number of thiocarbonyl (C=S) groups is 1. The molecule has 0 radical (unpaired) electrons. The third-order valence-electron chi connectivity index (χ3n) is 4.37. The molecule has 1 heterocycles. The molecular weight excluding hydrogens is 474 g/mol. The Balaban J connectivity index is 1.92. The molecule has 1 aliphatic heterocycles. The molecule has 0 spiro atoms. The third-order valence-corrected chi connectivity index (χ3v) is 6.17. The molecule has 0 aromatic heterocycles. The highest BCUT2D eigenvalue weighted by atomic mass is 79.9. The van der Waals surface area contributed by atoms with Gasteiger partial charge >= 0.3 is 5.97 Å². The summed E-state index contributed by atoms with van der Waals surface area (Å²) in [6.07, 6.45) is 1.72. The maximum Gasteiger partial charge on any atom is 0.343 e. The first kappa shape index (κ1) is 21.5. The number of nitrogens with zero attached hydrogens (tertiary/aromatic N) is 1. The molecule has 0 aliphatic carbocycles. The van der Waals surface area contributed by atoms with Crippen molar-refractivity contribution in [1.82, 2.24) is 0 Å². The number of hydrogen-bond donors (Lipinski definition) is 0. The number of benzene rings is 2. The average Bonchev–Trinajstić information content (AvgIpc) is 2.96. The Kier molecular flexibility index (Phi) is 6.77. The Bertz CT molecular complexity index is 1040. The Labute approximate surface area is 187 Å². The molecule has 1 saturated heterocycles. The van der Waals surface area contributed by atoms with Crippen LogP contribution >= 0.6 is 39.9 Å². The zero-order valence-corrected chi connectivity index (χ0v) is 19.2. The van der Waals surface area contributed by atoms with Crippen LogP contribution in [0, 0.1) is 13.8 Å². The minimum atomic E-state index is -0.486. The quantitative estimate of drug-likeness (QED) is 0.332. The van der Waals surface area contributed by atoms with Crippen LogP contribution < -0.4 is 9.64 Å². The van der Waals surface area contributed by atoms with Crippen LogP contribution in [0.5, 0.6) is 5.75 Å². The smallest absolute Gasteiger partial charge is 0.343 e. The van der Waals surface area contributed by atoms with E-state index in [0.717, 1.165) is 21.3 Å². The molecule has 1 amide bonds.